The molecule has 15 heteroatoms. The Hall–Kier alpha value is -4.92. The number of carbonyl (C=O) groups excluding carboxylic acids is 3. The number of nitrogens with one attached hydrogen (secondary N) is 4. The molecule has 0 aliphatic carbocycles. The van der Waals surface area contributed by atoms with Crippen molar-refractivity contribution in [2.24, 2.45) is 32.0 Å². The number of hydrogen-bond acceptors (Lipinski definition) is 7. The van der Waals surface area contributed by atoms with Crippen LogP contribution in [-0.2, 0) is 21.1 Å². The van der Waals surface area contributed by atoms with Gasteiger partial charge in [0.05, 0.1) is 34.9 Å². The second-order valence-electron chi connectivity index (χ2n) is 8.31. The smallest absolute Gasteiger partial charge is 0.287 e. The fourth-order valence-electron chi connectivity index (χ4n) is 3.53. The number of aliphatic imine (C=N–C) groups is 1. The molecule has 0 aromatic carbocycles. The van der Waals surface area contributed by atoms with E-state index in [1.165, 1.54) is 53.1 Å². The highest BCUT2D eigenvalue weighted by Crippen LogP contribution is 2.20. The predicted octanol–water partition coefficient (Wildman–Crippen LogP) is 0.725. The normalized spacial score (nSPS) is 11.8. The maximum atomic E-state index is 12.9. The Morgan fingerprint density at radius 3 is 1.92 bits per heavy atom. The molecule has 0 aliphatic rings. The van der Waals surface area contributed by atoms with Crippen LogP contribution >= 0.6 is 0 Å². The number of nitrogens with two attached hydrogens (primary N) is 1. The summed E-state index contributed by atoms with van der Waals surface area (Å²) in [5.41, 5.74) is 3.49. The molecule has 3 amide bonds. The molecule has 0 spiro atoms. The maximum Gasteiger partial charge on any atom is 0.287 e. The van der Waals surface area contributed by atoms with E-state index in [1.54, 1.807) is 24.9 Å². The van der Waals surface area contributed by atoms with Crippen LogP contribution < -0.4 is 27.2 Å². The zero-order valence-electron chi connectivity index (χ0n) is 20.7. The Kier molecular flexibility index (Phi) is 8.09. The third-order valence-electron chi connectivity index (χ3n) is 5.39. The molecule has 196 valence electrons. The molecule has 0 saturated carbocycles. The van der Waals surface area contributed by atoms with Crippen LogP contribution in [0.3, 0.4) is 0 Å². The molecular weight excluding hydrogens is 484 g/mol. The van der Waals surface area contributed by atoms with Gasteiger partial charge in [-0.05, 0) is 19.1 Å². The number of hydrazine groups is 1. The first-order valence-electron chi connectivity index (χ1n) is 11.0. The third kappa shape index (κ3) is 6.40. The number of rotatable bonds is 10. The summed E-state index contributed by atoms with van der Waals surface area (Å²) in [7, 11) is 4.83. The van der Waals surface area contributed by atoms with Crippen LogP contribution in [0, 0.1) is 10.1 Å². The van der Waals surface area contributed by atoms with Crippen molar-refractivity contribution in [3.8, 4) is 0 Å². The minimum atomic E-state index is -0.587. The van der Waals surface area contributed by atoms with Gasteiger partial charge in [-0.15, -0.1) is 0 Å². The second kappa shape index (κ2) is 11.2. The number of nitrogens with zero attached hydrogens (tertiary/aromatic N) is 5. The number of anilines is 2. The van der Waals surface area contributed by atoms with Crippen LogP contribution in [0.25, 0.3) is 0 Å². The van der Waals surface area contributed by atoms with E-state index in [4.69, 9.17) is 5.84 Å². The predicted molar refractivity (Wildman–Crippen MR) is 136 cm³/mol. The molecule has 0 aliphatic heterocycles. The van der Waals surface area contributed by atoms with Crippen molar-refractivity contribution in [3.05, 3.63) is 64.0 Å². The average Bonchev–Trinajstić information content (AvgIpc) is 3.52. The Morgan fingerprint density at radius 2 is 1.43 bits per heavy atom. The molecule has 3 heterocycles. The van der Waals surface area contributed by atoms with E-state index in [-0.39, 0.29) is 35.6 Å². The lowest BCUT2D eigenvalue weighted by atomic mass is 10.3. The molecule has 37 heavy (non-hydrogen) atoms. The molecule has 0 bridgehead atoms. The van der Waals surface area contributed by atoms with E-state index < -0.39 is 16.7 Å². The van der Waals surface area contributed by atoms with E-state index in [2.05, 4.69) is 26.4 Å². The van der Waals surface area contributed by atoms with Crippen LogP contribution in [0.15, 0.2) is 41.8 Å². The van der Waals surface area contributed by atoms with Gasteiger partial charge in [-0.2, -0.15) is 0 Å². The van der Waals surface area contributed by atoms with Gasteiger partial charge in [0.1, 0.15) is 17.1 Å². The van der Waals surface area contributed by atoms with Crippen molar-refractivity contribution in [3.63, 3.8) is 0 Å². The first-order chi connectivity index (χ1) is 17.5. The highest BCUT2D eigenvalue weighted by atomic mass is 16.6. The van der Waals surface area contributed by atoms with Crippen molar-refractivity contribution < 1.29 is 19.3 Å². The number of amides is 3. The Balaban J connectivity index is 1.66. The Labute approximate surface area is 211 Å². The standard InChI is InChI=1S/C22H28N10O5/c1-13(25-12-26-23)8-24-20(33)17-5-14(9-29(17)2)27-21(34)18-6-15(10-30(18)3)28-22(35)19-7-16(32(36)37)11-31(19)4/h5-7,9-13H,8,23H2,1-4H3,(H,24,33)(H,25,26)(H,27,34)(H,28,35). The molecule has 3 aromatic heterocycles. The molecule has 3 rings (SSSR count). The van der Waals surface area contributed by atoms with Crippen LogP contribution in [-0.4, -0.2) is 55.3 Å². The maximum absolute atomic E-state index is 12.9. The van der Waals surface area contributed by atoms with Crippen molar-refractivity contribution >= 4 is 41.1 Å². The molecule has 0 radical (unpaired) electrons. The van der Waals surface area contributed by atoms with E-state index in [0.717, 1.165) is 0 Å². The first kappa shape index (κ1) is 26.7. The average molecular weight is 513 g/mol. The number of hydrogen-bond donors (Lipinski definition) is 5. The summed E-state index contributed by atoms with van der Waals surface area (Å²) >= 11 is 0. The summed E-state index contributed by atoms with van der Waals surface area (Å²) in [5, 5.41) is 19.1. The van der Waals surface area contributed by atoms with Gasteiger partial charge < -0.3 is 35.1 Å². The zero-order valence-corrected chi connectivity index (χ0v) is 20.7. The third-order valence-corrected chi connectivity index (χ3v) is 5.39. The van der Waals surface area contributed by atoms with E-state index >= 15 is 0 Å². The van der Waals surface area contributed by atoms with Crippen LogP contribution in [0.4, 0.5) is 17.1 Å². The molecule has 0 saturated heterocycles. The summed E-state index contributed by atoms with van der Waals surface area (Å²) in [6.07, 6.45) is 5.71. The summed E-state index contributed by atoms with van der Waals surface area (Å²) < 4.78 is 4.45. The van der Waals surface area contributed by atoms with Crippen LogP contribution in [0.1, 0.15) is 38.4 Å². The largest absolute Gasteiger partial charge is 0.349 e. The lowest BCUT2D eigenvalue weighted by Crippen LogP contribution is -2.32. The molecule has 6 N–H and O–H groups in total. The molecule has 1 atom stereocenters. The summed E-state index contributed by atoms with van der Waals surface area (Å²) in [5.74, 6) is 3.77. The second-order valence-corrected chi connectivity index (χ2v) is 8.31. The summed E-state index contributed by atoms with van der Waals surface area (Å²) in [4.78, 5) is 52.4. The van der Waals surface area contributed by atoms with Crippen LogP contribution in [0.2, 0.25) is 0 Å². The fourth-order valence-corrected chi connectivity index (χ4v) is 3.53. The monoisotopic (exact) mass is 512 g/mol. The molecule has 15 nitrogen and oxygen atoms in total. The number of aromatic nitrogens is 3. The van der Waals surface area contributed by atoms with E-state index in [9.17, 15) is 24.5 Å². The van der Waals surface area contributed by atoms with Crippen molar-refractivity contribution in [1.29, 1.82) is 0 Å². The SMILES string of the molecule is CC(CNC(=O)c1cc(NC(=O)c2cc(NC(=O)c3cc([N+](=O)[O-])cn3C)cn2C)cn1C)N=CNN. The minimum absolute atomic E-state index is 0.0916. The van der Waals surface area contributed by atoms with Crippen molar-refractivity contribution in [2.45, 2.75) is 13.0 Å². The minimum Gasteiger partial charge on any atom is -0.349 e. The van der Waals surface area contributed by atoms with Gasteiger partial charge in [0.25, 0.3) is 23.4 Å². The van der Waals surface area contributed by atoms with Gasteiger partial charge in [-0.3, -0.25) is 29.5 Å². The van der Waals surface area contributed by atoms with Gasteiger partial charge in [-0.25, -0.2) is 5.84 Å². The van der Waals surface area contributed by atoms with Gasteiger partial charge >= 0.3 is 0 Å². The fraction of sp³-hybridized carbons (Fsp3) is 0.273. The molecule has 1 unspecified atom stereocenters. The quantitative estimate of drug-likeness (QED) is 0.0867. The van der Waals surface area contributed by atoms with Gasteiger partial charge in [0, 0.05) is 46.1 Å². The van der Waals surface area contributed by atoms with E-state index in [0.29, 0.717) is 17.1 Å². The highest BCUT2D eigenvalue weighted by molar-refractivity contribution is 6.07. The number of aryl methyl sites for hydroxylation is 3. The Bertz CT molecular complexity index is 1370. The van der Waals surface area contributed by atoms with Crippen molar-refractivity contribution in [1.82, 2.24) is 24.4 Å². The molecule has 0 fully saturated rings. The highest BCUT2D eigenvalue weighted by Gasteiger charge is 2.20. The lowest BCUT2D eigenvalue weighted by molar-refractivity contribution is -0.384. The number of nitro groups is 1. The first-order valence-corrected chi connectivity index (χ1v) is 11.0. The van der Waals surface area contributed by atoms with Crippen LogP contribution in [0.5, 0.6) is 0 Å². The summed E-state index contributed by atoms with van der Waals surface area (Å²) in [6.45, 7) is 2.10. The van der Waals surface area contributed by atoms with Gasteiger partial charge in [0.15, 0.2) is 0 Å². The summed E-state index contributed by atoms with van der Waals surface area (Å²) in [6, 6.07) is 3.99. The lowest BCUT2D eigenvalue weighted by Gasteiger charge is -2.08. The van der Waals surface area contributed by atoms with E-state index in [1.807, 2.05) is 6.92 Å². The van der Waals surface area contributed by atoms with Crippen molar-refractivity contribution in [2.75, 3.05) is 17.2 Å². The topological polar surface area (TPSA) is 196 Å². The molecule has 3 aromatic rings. The van der Waals surface area contributed by atoms with Gasteiger partial charge in [-0.1, -0.05) is 0 Å². The zero-order chi connectivity index (χ0) is 27.3. The molecular formula is C22H28N10O5. The Morgan fingerprint density at radius 1 is 0.946 bits per heavy atom. The van der Waals surface area contributed by atoms with Gasteiger partial charge in [0.2, 0.25) is 0 Å². The number of carbonyl (C=O) groups is 3.